The van der Waals surface area contributed by atoms with Crippen molar-refractivity contribution in [3.05, 3.63) is 47.8 Å². The molecule has 0 saturated heterocycles. The quantitative estimate of drug-likeness (QED) is 0.848. The van der Waals surface area contributed by atoms with Crippen molar-refractivity contribution in [2.75, 3.05) is 0 Å². The summed E-state index contributed by atoms with van der Waals surface area (Å²) in [6, 6.07) is 6.01. The molecular weight excluding hydrogens is 200 g/mol. The van der Waals surface area contributed by atoms with Gasteiger partial charge in [-0.15, -0.1) is 0 Å². The second-order valence-electron chi connectivity index (χ2n) is 4.01. The Morgan fingerprint density at radius 3 is 2.94 bits per heavy atom. The van der Waals surface area contributed by atoms with Crippen LogP contribution >= 0.6 is 0 Å². The smallest absolute Gasteiger partial charge is 0.0952 e. The molecule has 2 N–H and O–H groups in total. The average molecular weight is 216 g/mol. The van der Waals surface area contributed by atoms with Crippen LogP contribution < -0.4 is 5.73 Å². The van der Waals surface area contributed by atoms with Crippen molar-refractivity contribution in [3.63, 3.8) is 0 Å². The highest BCUT2D eigenvalue weighted by Gasteiger charge is 2.07. The molecule has 2 heterocycles. The summed E-state index contributed by atoms with van der Waals surface area (Å²) in [7, 11) is 0. The molecule has 0 aromatic carbocycles. The fourth-order valence-corrected chi connectivity index (χ4v) is 1.70. The molecule has 0 fully saturated rings. The van der Waals surface area contributed by atoms with E-state index >= 15 is 0 Å². The Morgan fingerprint density at radius 1 is 1.44 bits per heavy atom. The maximum absolute atomic E-state index is 5.86. The van der Waals surface area contributed by atoms with Crippen molar-refractivity contribution in [1.82, 2.24) is 14.5 Å². The molecule has 2 aromatic heterocycles. The predicted octanol–water partition coefficient (Wildman–Crippen LogP) is 1.65. The van der Waals surface area contributed by atoms with Gasteiger partial charge in [-0.3, -0.25) is 4.98 Å². The van der Waals surface area contributed by atoms with E-state index in [1.165, 1.54) is 0 Å². The average Bonchev–Trinajstić information content (AvgIpc) is 2.66. The summed E-state index contributed by atoms with van der Waals surface area (Å²) in [6.45, 7) is 4.67. The highest BCUT2D eigenvalue weighted by molar-refractivity contribution is 5.12. The van der Waals surface area contributed by atoms with E-state index < -0.39 is 0 Å². The van der Waals surface area contributed by atoms with E-state index in [1.807, 2.05) is 36.6 Å². The highest BCUT2D eigenvalue weighted by atomic mass is 15.1. The Bertz CT molecular complexity index is 473. The first-order valence-corrected chi connectivity index (χ1v) is 5.35. The number of nitrogens with zero attached hydrogens (tertiary/aromatic N) is 3. The summed E-state index contributed by atoms with van der Waals surface area (Å²) < 4.78 is 2.03. The van der Waals surface area contributed by atoms with Crippen LogP contribution in [0.3, 0.4) is 0 Å². The number of aryl methyl sites for hydroxylation is 1. The minimum Gasteiger partial charge on any atom is -0.327 e. The zero-order valence-corrected chi connectivity index (χ0v) is 9.59. The minimum absolute atomic E-state index is 0.00712. The van der Waals surface area contributed by atoms with E-state index in [1.54, 1.807) is 12.5 Å². The van der Waals surface area contributed by atoms with Gasteiger partial charge >= 0.3 is 0 Å². The summed E-state index contributed by atoms with van der Waals surface area (Å²) in [4.78, 5) is 8.58. The number of hydrogen-bond acceptors (Lipinski definition) is 3. The molecular formula is C12H16N4. The van der Waals surface area contributed by atoms with Crippen LogP contribution in [0.15, 0.2) is 30.7 Å². The van der Waals surface area contributed by atoms with Gasteiger partial charge in [-0.05, 0) is 26.0 Å². The Balaban J connectivity index is 2.24. The Kier molecular flexibility index (Phi) is 3.01. The van der Waals surface area contributed by atoms with E-state index in [0.717, 1.165) is 23.6 Å². The fourth-order valence-electron chi connectivity index (χ4n) is 1.70. The third-order valence-electron chi connectivity index (χ3n) is 2.49. The zero-order chi connectivity index (χ0) is 11.5. The molecule has 2 rings (SSSR count). The molecule has 2 aromatic rings. The van der Waals surface area contributed by atoms with Gasteiger partial charge in [-0.1, -0.05) is 6.07 Å². The maximum Gasteiger partial charge on any atom is 0.0952 e. The fraction of sp³-hybridized carbons (Fsp3) is 0.333. The Morgan fingerprint density at radius 2 is 2.25 bits per heavy atom. The van der Waals surface area contributed by atoms with Gasteiger partial charge in [0.05, 0.1) is 24.3 Å². The van der Waals surface area contributed by atoms with E-state index in [2.05, 4.69) is 9.97 Å². The molecule has 0 bridgehead atoms. The van der Waals surface area contributed by atoms with Gasteiger partial charge < -0.3 is 10.3 Å². The standard InChI is InChI=1S/C12H16N4/c1-9-4-3-5-11(15-9)7-16-8-14-6-12(16)10(2)13/h3-6,8,10H,7,13H2,1-2H3/t10-/m0/s1. The molecule has 16 heavy (non-hydrogen) atoms. The monoisotopic (exact) mass is 216 g/mol. The summed E-state index contributed by atoms with van der Waals surface area (Å²) in [6.07, 6.45) is 3.60. The topological polar surface area (TPSA) is 56.7 Å². The normalized spacial score (nSPS) is 12.7. The van der Waals surface area contributed by atoms with Crippen LogP contribution in [0.1, 0.15) is 30.0 Å². The van der Waals surface area contributed by atoms with E-state index in [4.69, 9.17) is 5.73 Å². The molecule has 0 aliphatic rings. The lowest BCUT2D eigenvalue weighted by molar-refractivity contribution is 0.665. The first kappa shape index (κ1) is 10.8. The van der Waals surface area contributed by atoms with E-state index in [9.17, 15) is 0 Å². The van der Waals surface area contributed by atoms with Crippen LogP contribution in [0.2, 0.25) is 0 Å². The van der Waals surface area contributed by atoms with Crippen LogP contribution in [0, 0.1) is 6.92 Å². The second-order valence-corrected chi connectivity index (χ2v) is 4.01. The van der Waals surface area contributed by atoms with E-state index in [0.29, 0.717) is 0 Å². The van der Waals surface area contributed by atoms with Gasteiger partial charge in [0, 0.05) is 17.9 Å². The molecule has 0 aliphatic carbocycles. The van der Waals surface area contributed by atoms with Crippen molar-refractivity contribution in [3.8, 4) is 0 Å². The lowest BCUT2D eigenvalue weighted by Gasteiger charge is -2.10. The lowest BCUT2D eigenvalue weighted by Crippen LogP contribution is -2.13. The van der Waals surface area contributed by atoms with Crippen molar-refractivity contribution in [1.29, 1.82) is 0 Å². The Labute approximate surface area is 95.1 Å². The molecule has 84 valence electrons. The number of hydrogen-bond donors (Lipinski definition) is 1. The van der Waals surface area contributed by atoms with Gasteiger partial charge in [0.15, 0.2) is 0 Å². The second kappa shape index (κ2) is 4.45. The van der Waals surface area contributed by atoms with Crippen LogP contribution in [-0.4, -0.2) is 14.5 Å². The molecule has 0 radical (unpaired) electrons. The molecule has 0 unspecified atom stereocenters. The molecule has 1 atom stereocenters. The first-order valence-electron chi connectivity index (χ1n) is 5.35. The van der Waals surface area contributed by atoms with Crippen molar-refractivity contribution < 1.29 is 0 Å². The van der Waals surface area contributed by atoms with Crippen LogP contribution in [-0.2, 0) is 6.54 Å². The molecule has 0 amide bonds. The van der Waals surface area contributed by atoms with Crippen molar-refractivity contribution in [2.45, 2.75) is 26.4 Å². The van der Waals surface area contributed by atoms with Gasteiger partial charge in [-0.2, -0.15) is 0 Å². The first-order chi connectivity index (χ1) is 7.66. The third-order valence-corrected chi connectivity index (χ3v) is 2.49. The number of rotatable bonds is 3. The zero-order valence-electron chi connectivity index (χ0n) is 9.59. The number of pyridine rings is 1. The highest BCUT2D eigenvalue weighted by Crippen LogP contribution is 2.10. The molecule has 0 aliphatic heterocycles. The number of nitrogens with two attached hydrogens (primary N) is 1. The van der Waals surface area contributed by atoms with Crippen LogP contribution in [0.4, 0.5) is 0 Å². The van der Waals surface area contributed by atoms with Gasteiger partial charge in [0.1, 0.15) is 0 Å². The maximum atomic E-state index is 5.86. The van der Waals surface area contributed by atoms with Gasteiger partial charge in [0.2, 0.25) is 0 Å². The SMILES string of the molecule is Cc1cccc(Cn2cncc2[C@H](C)N)n1. The van der Waals surface area contributed by atoms with Crippen molar-refractivity contribution >= 4 is 0 Å². The van der Waals surface area contributed by atoms with Gasteiger partial charge in [0.25, 0.3) is 0 Å². The number of imidazole rings is 1. The molecule has 0 saturated carbocycles. The van der Waals surface area contributed by atoms with Crippen LogP contribution in [0.5, 0.6) is 0 Å². The Hall–Kier alpha value is -1.68. The largest absolute Gasteiger partial charge is 0.327 e. The minimum atomic E-state index is -0.00712. The van der Waals surface area contributed by atoms with Gasteiger partial charge in [-0.25, -0.2) is 4.98 Å². The molecule has 0 spiro atoms. The van der Waals surface area contributed by atoms with Crippen molar-refractivity contribution in [2.24, 2.45) is 5.73 Å². The third kappa shape index (κ3) is 2.28. The predicted molar refractivity (Wildman–Crippen MR) is 62.9 cm³/mol. The number of aromatic nitrogens is 3. The van der Waals surface area contributed by atoms with E-state index in [-0.39, 0.29) is 6.04 Å². The molecule has 4 nitrogen and oxygen atoms in total. The summed E-state index contributed by atoms with van der Waals surface area (Å²) in [5.74, 6) is 0. The lowest BCUT2D eigenvalue weighted by atomic mass is 10.2. The van der Waals surface area contributed by atoms with Crippen LogP contribution in [0.25, 0.3) is 0 Å². The summed E-state index contributed by atoms with van der Waals surface area (Å²) >= 11 is 0. The molecule has 4 heteroatoms. The summed E-state index contributed by atoms with van der Waals surface area (Å²) in [5, 5.41) is 0. The summed E-state index contributed by atoms with van der Waals surface area (Å²) in [5.41, 5.74) is 8.95.